The summed E-state index contributed by atoms with van der Waals surface area (Å²) in [4.78, 5) is 25.0. The van der Waals surface area contributed by atoms with Crippen molar-refractivity contribution in [1.29, 1.82) is 0 Å². The van der Waals surface area contributed by atoms with Crippen LogP contribution < -0.4 is 0 Å². The van der Waals surface area contributed by atoms with Crippen LogP contribution in [-0.4, -0.2) is 45.0 Å². The molecule has 1 unspecified atom stereocenters. The summed E-state index contributed by atoms with van der Waals surface area (Å²) in [5, 5.41) is 8.21. The Morgan fingerprint density at radius 3 is 3.18 bits per heavy atom. The summed E-state index contributed by atoms with van der Waals surface area (Å²) < 4.78 is 0. The van der Waals surface area contributed by atoms with Crippen LogP contribution in [0.5, 0.6) is 0 Å². The molecule has 2 aromatic rings. The molecule has 1 saturated heterocycles. The molecule has 6 heteroatoms. The monoisotopic (exact) mass is 317 g/mol. The molecule has 116 valence electrons. The second-order valence-electron chi connectivity index (χ2n) is 5.75. The van der Waals surface area contributed by atoms with Gasteiger partial charge in [-0.05, 0) is 24.0 Å². The van der Waals surface area contributed by atoms with Crippen LogP contribution in [0, 0.1) is 5.92 Å². The minimum atomic E-state index is 0.124. The van der Waals surface area contributed by atoms with Gasteiger partial charge in [0.15, 0.2) is 5.12 Å². The molecule has 3 rings (SSSR count). The molecule has 22 heavy (non-hydrogen) atoms. The summed E-state index contributed by atoms with van der Waals surface area (Å²) in [6.45, 7) is 3.08. The van der Waals surface area contributed by atoms with Crippen molar-refractivity contribution in [3.63, 3.8) is 0 Å². The van der Waals surface area contributed by atoms with Gasteiger partial charge in [-0.15, -0.1) is 0 Å². The standard InChI is InChI=1S/C16H19N3O2S/c1-11(20)22-10-13-7-16(21)19(9-13)5-4-12-2-3-14-8-17-18-15(14)6-12/h2-3,6,8,13H,4-5,7,9-10H2,1H3,(H,17,18). The van der Waals surface area contributed by atoms with Gasteiger partial charge in [0.1, 0.15) is 0 Å². The fourth-order valence-corrected chi connectivity index (χ4v) is 3.51. The van der Waals surface area contributed by atoms with Gasteiger partial charge in [0, 0.05) is 37.6 Å². The lowest BCUT2D eigenvalue weighted by Crippen LogP contribution is -2.27. The third-order valence-corrected chi connectivity index (χ3v) is 5.04. The number of fused-ring (bicyclic) bond motifs is 1. The molecule has 1 aromatic heterocycles. The topological polar surface area (TPSA) is 66.1 Å². The number of aromatic amines is 1. The number of hydrogen-bond acceptors (Lipinski definition) is 4. The van der Waals surface area contributed by atoms with Gasteiger partial charge < -0.3 is 4.90 Å². The second kappa shape index (κ2) is 6.52. The Labute approximate surface area is 133 Å². The van der Waals surface area contributed by atoms with E-state index in [0.29, 0.717) is 12.3 Å². The molecule has 1 N–H and O–H groups in total. The van der Waals surface area contributed by atoms with E-state index in [2.05, 4.69) is 22.3 Å². The summed E-state index contributed by atoms with van der Waals surface area (Å²) in [5.74, 6) is 1.26. The normalized spacial score (nSPS) is 18.3. The Balaban J connectivity index is 1.54. The Kier molecular flexibility index (Phi) is 4.47. The van der Waals surface area contributed by atoms with Gasteiger partial charge in [0.2, 0.25) is 5.91 Å². The Morgan fingerprint density at radius 1 is 1.50 bits per heavy atom. The third kappa shape index (κ3) is 3.50. The first-order valence-corrected chi connectivity index (χ1v) is 8.43. The first kappa shape index (κ1) is 15.1. The van der Waals surface area contributed by atoms with Crippen molar-refractivity contribution in [3.8, 4) is 0 Å². The fourth-order valence-electron chi connectivity index (χ4n) is 2.82. The number of aromatic nitrogens is 2. The van der Waals surface area contributed by atoms with Crippen LogP contribution in [0.3, 0.4) is 0 Å². The SMILES string of the molecule is CC(=O)SCC1CC(=O)N(CCc2ccc3cn[nH]c3c2)C1. The van der Waals surface area contributed by atoms with Crippen LogP contribution in [0.2, 0.25) is 0 Å². The minimum Gasteiger partial charge on any atom is -0.342 e. The van der Waals surface area contributed by atoms with Crippen molar-refractivity contribution in [2.45, 2.75) is 19.8 Å². The molecule has 1 atom stereocenters. The molecule has 0 bridgehead atoms. The molecule has 0 spiro atoms. The highest BCUT2D eigenvalue weighted by Crippen LogP contribution is 2.23. The quantitative estimate of drug-likeness (QED) is 0.918. The predicted molar refractivity (Wildman–Crippen MR) is 87.6 cm³/mol. The number of likely N-dealkylation sites (tertiary alicyclic amines) is 1. The molecule has 1 aliphatic rings. The van der Waals surface area contributed by atoms with Crippen molar-refractivity contribution < 1.29 is 9.59 Å². The first-order valence-electron chi connectivity index (χ1n) is 7.45. The number of amides is 1. The van der Waals surface area contributed by atoms with E-state index in [1.807, 2.05) is 11.0 Å². The molecular formula is C16H19N3O2S. The Hall–Kier alpha value is -1.82. The van der Waals surface area contributed by atoms with E-state index in [0.717, 1.165) is 36.2 Å². The number of thioether (sulfide) groups is 1. The first-order chi connectivity index (χ1) is 10.6. The van der Waals surface area contributed by atoms with Crippen LogP contribution in [0.4, 0.5) is 0 Å². The lowest BCUT2D eigenvalue weighted by Gasteiger charge is -2.16. The highest BCUT2D eigenvalue weighted by atomic mass is 32.2. The number of hydrogen-bond donors (Lipinski definition) is 1. The van der Waals surface area contributed by atoms with E-state index < -0.39 is 0 Å². The van der Waals surface area contributed by atoms with E-state index in [1.165, 1.54) is 17.3 Å². The van der Waals surface area contributed by atoms with Gasteiger partial charge >= 0.3 is 0 Å². The fraction of sp³-hybridized carbons (Fsp3) is 0.438. The van der Waals surface area contributed by atoms with E-state index in [-0.39, 0.29) is 11.0 Å². The van der Waals surface area contributed by atoms with E-state index in [9.17, 15) is 9.59 Å². The van der Waals surface area contributed by atoms with Crippen molar-refractivity contribution in [3.05, 3.63) is 30.0 Å². The maximum atomic E-state index is 12.0. The molecule has 2 heterocycles. The molecular weight excluding hydrogens is 298 g/mol. The number of nitrogens with zero attached hydrogens (tertiary/aromatic N) is 2. The van der Waals surface area contributed by atoms with Gasteiger partial charge in [0.05, 0.1) is 11.7 Å². The van der Waals surface area contributed by atoms with Crippen molar-refractivity contribution in [2.75, 3.05) is 18.8 Å². The van der Waals surface area contributed by atoms with Gasteiger partial charge in [-0.3, -0.25) is 14.7 Å². The molecule has 1 amide bonds. The zero-order valence-electron chi connectivity index (χ0n) is 12.5. The molecule has 0 saturated carbocycles. The molecule has 5 nitrogen and oxygen atoms in total. The number of carbonyl (C=O) groups excluding carboxylic acids is 2. The van der Waals surface area contributed by atoms with Crippen LogP contribution in [0.1, 0.15) is 18.9 Å². The van der Waals surface area contributed by atoms with E-state index in [1.54, 1.807) is 13.1 Å². The van der Waals surface area contributed by atoms with E-state index in [4.69, 9.17) is 0 Å². The molecule has 1 aliphatic heterocycles. The van der Waals surface area contributed by atoms with Crippen LogP contribution in [0.25, 0.3) is 10.9 Å². The van der Waals surface area contributed by atoms with Gasteiger partial charge in [0.25, 0.3) is 0 Å². The van der Waals surface area contributed by atoms with E-state index >= 15 is 0 Å². The number of nitrogens with one attached hydrogen (secondary N) is 1. The van der Waals surface area contributed by atoms with Crippen molar-refractivity contribution in [1.82, 2.24) is 15.1 Å². The average Bonchev–Trinajstić information content (AvgIpc) is 3.08. The van der Waals surface area contributed by atoms with Crippen molar-refractivity contribution >= 4 is 33.7 Å². The summed E-state index contributed by atoms with van der Waals surface area (Å²) >= 11 is 1.32. The molecule has 0 aliphatic carbocycles. The lowest BCUT2D eigenvalue weighted by atomic mass is 10.1. The molecule has 0 radical (unpaired) electrons. The third-order valence-electron chi connectivity index (χ3n) is 3.99. The minimum absolute atomic E-state index is 0.124. The summed E-state index contributed by atoms with van der Waals surface area (Å²) in [6, 6.07) is 6.22. The smallest absolute Gasteiger partial charge is 0.222 e. The average molecular weight is 317 g/mol. The van der Waals surface area contributed by atoms with Gasteiger partial charge in [-0.2, -0.15) is 5.10 Å². The second-order valence-corrected chi connectivity index (χ2v) is 6.95. The highest BCUT2D eigenvalue weighted by molar-refractivity contribution is 8.13. The summed E-state index contributed by atoms with van der Waals surface area (Å²) in [7, 11) is 0. The van der Waals surface area contributed by atoms with Gasteiger partial charge in [-0.1, -0.05) is 23.9 Å². The maximum Gasteiger partial charge on any atom is 0.222 e. The number of benzene rings is 1. The number of carbonyl (C=O) groups is 2. The zero-order valence-corrected chi connectivity index (χ0v) is 13.4. The maximum absolute atomic E-state index is 12.0. The largest absolute Gasteiger partial charge is 0.342 e. The Bertz CT molecular complexity index is 698. The van der Waals surface area contributed by atoms with Crippen LogP contribution in [-0.2, 0) is 16.0 Å². The predicted octanol–water partition coefficient (Wildman–Crippen LogP) is 2.23. The van der Waals surface area contributed by atoms with Gasteiger partial charge in [-0.25, -0.2) is 0 Å². The summed E-state index contributed by atoms with van der Waals surface area (Å²) in [5.41, 5.74) is 2.23. The van der Waals surface area contributed by atoms with Crippen LogP contribution >= 0.6 is 11.8 Å². The molecule has 1 fully saturated rings. The van der Waals surface area contributed by atoms with Crippen molar-refractivity contribution in [2.24, 2.45) is 5.92 Å². The molecule has 1 aromatic carbocycles. The number of rotatable bonds is 5. The number of H-pyrrole nitrogens is 1. The Morgan fingerprint density at radius 2 is 2.36 bits per heavy atom. The summed E-state index contributed by atoms with van der Waals surface area (Å²) in [6.07, 6.45) is 3.22. The lowest BCUT2D eigenvalue weighted by molar-refractivity contribution is -0.127. The van der Waals surface area contributed by atoms with Crippen LogP contribution in [0.15, 0.2) is 24.4 Å². The highest BCUT2D eigenvalue weighted by Gasteiger charge is 2.29. The zero-order chi connectivity index (χ0) is 15.5.